The number of nitrogens with zero attached hydrogens (tertiary/aromatic N) is 2. The number of hydrogen-bond donors (Lipinski definition) is 1. The summed E-state index contributed by atoms with van der Waals surface area (Å²) in [6.07, 6.45) is 0. The van der Waals surface area contributed by atoms with Gasteiger partial charge in [0.1, 0.15) is 10.4 Å². The zero-order valence-electron chi connectivity index (χ0n) is 11.2. The lowest BCUT2D eigenvalue weighted by Gasteiger charge is -2.11. The molecule has 0 saturated carbocycles. The molecule has 1 heterocycles. The van der Waals surface area contributed by atoms with Gasteiger partial charge >= 0.3 is 0 Å². The van der Waals surface area contributed by atoms with Crippen LogP contribution in [-0.2, 0) is 13.6 Å². The molecule has 0 aliphatic carbocycles. The molecule has 1 aromatic heterocycles. The van der Waals surface area contributed by atoms with Crippen molar-refractivity contribution in [3.63, 3.8) is 0 Å². The Labute approximate surface area is 116 Å². The van der Waals surface area contributed by atoms with Gasteiger partial charge in [-0.15, -0.1) is 0 Å². The predicted octanol–water partition coefficient (Wildman–Crippen LogP) is 3.23. The first kappa shape index (κ1) is 13.3. The summed E-state index contributed by atoms with van der Waals surface area (Å²) < 4.78 is 3.01. The average Bonchev–Trinajstić information content (AvgIpc) is 2.56. The Morgan fingerprint density at radius 2 is 1.78 bits per heavy atom. The summed E-state index contributed by atoms with van der Waals surface area (Å²) in [5.41, 5.74) is 11.6. The highest BCUT2D eigenvalue weighted by molar-refractivity contribution is 9.10. The highest BCUT2D eigenvalue weighted by Gasteiger charge is 2.16. The van der Waals surface area contributed by atoms with Gasteiger partial charge in [0.2, 0.25) is 0 Å². The molecule has 4 heteroatoms. The minimum atomic E-state index is 0.443. The summed E-state index contributed by atoms with van der Waals surface area (Å²) in [6, 6.07) is 4.38. The van der Waals surface area contributed by atoms with Crippen molar-refractivity contribution in [2.45, 2.75) is 27.3 Å². The van der Waals surface area contributed by atoms with E-state index in [0.29, 0.717) is 6.54 Å². The van der Waals surface area contributed by atoms with Gasteiger partial charge in [-0.25, -0.2) is 4.98 Å². The first-order valence-corrected chi connectivity index (χ1v) is 6.74. The first-order valence-electron chi connectivity index (χ1n) is 5.95. The normalized spacial score (nSPS) is 11.0. The highest BCUT2D eigenvalue weighted by atomic mass is 79.9. The lowest BCUT2D eigenvalue weighted by Crippen LogP contribution is -1.98. The summed E-state index contributed by atoms with van der Waals surface area (Å²) in [5, 5.41) is 0. The number of rotatable bonds is 2. The van der Waals surface area contributed by atoms with Crippen LogP contribution in [0.4, 0.5) is 0 Å². The molecule has 0 saturated heterocycles. The van der Waals surface area contributed by atoms with Crippen LogP contribution in [0.3, 0.4) is 0 Å². The molecule has 2 aromatic rings. The summed E-state index contributed by atoms with van der Waals surface area (Å²) >= 11 is 3.54. The van der Waals surface area contributed by atoms with E-state index in [0.717, 1.165) is 16.1 Å². The lowest BCUT2D eigenvalue weighted by molar-refractivity contribution is 0.891. The Bertz CT molecular complexity index is 576. The second-order valence-corrected chi connectivity index (χ2v) is 5.46. The fourth-order valence-corrected chi connectivity index (χ4v) is 2.84. The Kier molecular flexibility index (Phi) is 3.59. The fourth-order valence-electron chi connectivity index (χ4n) is 2.42. The molecule has 0 bridgehead atoms. The van der Waals surface area contributed by atoms with Gasteiger partial charge in [0.05, 0.1) is 5.69 Å². The van der Waals surface area contributed by atoms with Crippen molar-refractivity contribution in [1.82, 2.24) is 9.55 Å². The van der Waals surface area contributed by atoms with Crippen molar-refractivity contribution in [2.75, 3.05) is 0 Å². The average molecular weight is 308 g/mol. The topological polar surface area (TPSA) is 43.8 Å². The zero-order chi connectivity index (χ0) is 13.4. The van der Waals surface area contributed by atoms with Crippen LogP contribution >= 0.6 is 15.9 Å². The summed E-state index contributed by atoms with van der Waals surface area (Å²) in [4.78, 5) is 4.64. The summed E-state index contributed by atoms with van der Waals surface area (Å²) in [5.74, 6) is 0.970. The minimum Gasteiger partial charge on any atom is -0.325 e. The second-order valence-electron chi connectivity index (χ2n) is 4.71. The maximum Gasteiger partial charge on any atom is 0.141 e. The molecular formula is C14H18BrN3. The SMILES string of the molecule is Cc1cc(C)c(-c2nc(CN)c(Br)n2C)c(C)c1. The van der Waals surface area contributed by atoms with E-state index in [1.807, 2.05) is 11.6 Å². The number of benzene rings is 1. The van der Waals surface area contributed by atoms with Crippen molar-refractivity contribution < 1.29 is 0 Å². The van der Waals surface area contributed by atoms with E-state index in [-0.39, 0.29) is 0 Å². The van der Waals surface area contributed by atoms with Crippen molar-refractivity contribution in [1.29, 1.82) is 0 Å². The van der Waals surface area contributed by atoms with Crippen molar-refractivity contribution >= 4 is 15.9 Å². The smallest absolute Gasteiger partial charge is 0.141 e. The van der Waals surface area contributed by atoms with E-state index in [2.05, 4.69) is 53.8 Å². The molecule has 0 aliphatic heterocycles. The van der Waals surface area contributed by atoms with Gasteiger partial charge < -0.3 is 10.3 Å². The van der Waals surface area contributed by atoms with Crippen molar-refractivity contribution in [2.24, 2.45) is 12.8 Å². The maximum atomic E-state index is 5.71. The van der Waals surface area contributed by atoms with Gasteiger partial charge in [0, 0.05) is 19.2 Å². The largest absolute Gasteiger partial charge is 0.325 e. The van der Waals surface area contributed by atoms with E-state index in [1.165, 1.54) is 22.3 Å². The third-order valence-corrected chi connectivity index (χ3v) is 4.17. The van der Waals surface area contributed by atoms with Gasteiger partial charge in [-0.05, 0) is 47.8 Å². The molecule has 2 N–H and O–H groups in total. The van der Waals surface area contributed by atoms with Crippen LogP contribution in [0.2, 0.25) is 0 Å². The first-order chi connectivity index (χ1) is 8.45. The molecule has 18 heavy (non-hydrogen) atoms. The van der Waals surface area contributed by atoms with Crippen LogP contribution in [0.15, 0.2) is 16.7 Å². The number of aromatic nitrogens is 2. The van der Waals surface area contributed by atoms with Gasteiger partial charge in [-0.1, -0.05) is 17.7 Å². The van der Waals surface area contributed by atoms with E-state index >= 15 is 0 Å². The van der Waals surface area contributed by atoms with Crippen LogP contribution in [0, 0.1) is 20.8 Å². The molecular weight excluding hydrogens is 290 g/mol. The van der Waals surface area contributed by atoms with Crippen LogP contribution in [0.1, 0.15) is 22.4 Å². The van der Waals surface area contributed by atoms with E-state index < -0.39 is 0 Å². The third-order valence-electron chi connectivity index (χ3n) is 3.19. The van der Waals surface area contributed by atoms with Gasteiger partial charge in [-0.2, -0.15) is 0 Å². The predicted molar refractivity (Wildman–Crippen MR) is 78.4 cm³/mol. The maximum absolute atomic E-state index is 5.71. The Balaban J connectivity index is 2.70. The molecule has 0 amide bonds. The quantitative estimate of drug-likeness (QED) is 0.925. The summed E-state index contributed by atoms with van der Waals surface area (Å²) in [6.45, 7) is 6.81. The second kappa shape index (κ2) is 4.86. The number of hydrogen-bond acceptors (Lipinski definition) is 2. The van der Waals surface area contributed by atoms with Crippen molar-refractivity contribution in [3.8, 4) is 11.4 Å². The molecule has 96 valence electrons. The lowest BCUT2D eigenvalue weighted by atomic mass is 9.99. The molecule has 0 fully saturated rings. The monoisotopic (exact) mass is 307 g/mol. The Hall–Kier alpha value is -1.13. The van der Waals surface area contributed by atoms with E-state index in [9.17, 15) is 0 Å². The molecule has 3 nitrogen and oxygen atoms in total. The van der Waals surface area contributed by atoms with Crippen LogP contribution in [-0.4, -0.2) is 9.55 Å². The fraction of sp³-hybridized carbons (Fsp3) is 0.357. The number of aryl methyl sites for hydroxylation is 3. The van der Waals surface area contributed by atoms with Crippen molar-refractivity contribution in [3.05, 3.63) is 39.1 Å². The molecule has 0 spiro atoms. The minimum absolute atomic E-state index is 0.443. The zero-order valence-corrected chi connectivity index (χ0v) is 12.8. The van der Waals surface area contributed by atoms with Crippen LogP contribution in [0.5, 0.6) is 0 Å². The number of halogens is 1. The molecule has 0 unspecified atom stereocenters. The Morgan fingerprint density at radius 1 is 1.22 bits per heavy atom. The van der Waals surface area contributed by atoms with E-state index in [1.54, 1.807) is 0 Å². The summed E-state index contributed by atoms with van der Waals surface area (Å²) in [7, 11) is 2.00. The Morgan fingerprint density at radius 3 is 2.22 bits per heavy atom. The molecule has 0 radical (unpaired) electrons. The third kappa shape index (κ3) is 2.10. The number of nitrogens with two attached hydrogens (primary N) is 1. The van der Waals surface area contributed by atoms with Gasteiger partial charge in [0.25, 0.3) is 0 Å². The van der Waals surface area contributed by atoms with Crippen LogP contribution < -0.4 is 5.73 Å². The highest BCUT2D eigenvalue weighted by Crippen LogP contribution is 2.30. The van der Waals surface area contributed by atoms with Gasteiger partial charge in [-0.3, -0.25) is 0 Å². The molecule has 0 aliphatic rings. The van der Waals surface area contributed by atoms with Gasteiger partial charge in [0.15, 0.2) is 0 Å². The van der Waals surface area contributed by atoms with Crippen LogP contribution in [0.25, 0.3) is 11.4 Å². The van der Waals surface area contributed by atoms with E-state index in [4.69, 9.17) is 5.73 Å². The molecule has 0 atom stereocenters. The molecule has 2 rings (SSSR count). The number of imidazole rings is 1. The standard InChI is InChI=1S/C14H18BrN3/c1-8-5-9(2)12(10(3)6-8)14-17-11(7-16)13(15)18(14)4/h5-6H,7,16H2,1-4H3. The molecule has 1 aromatic carbocycles.